The molecule has 0 spiro atoms. The van der Waals surface area contributed by atoms with Crippen LogP contribution in [0.15, 0.2) is 30.3 Å². The van der Waals surface area contributed by atoms with E-state index in [2.05, 4.69) is 0 Å². The molecule has 136 valence electrons. The first-order valence-corrected chi connectivity index (χ1v) is 9.67. The first kappa shape index (κ1) is 19.3. The van der Waals surface area contributed by atoms with Crippen LogP contribution in [0, 0.1) is 13.8 Å². The summed E-state index contributed by atoms with van der Waals surface area (Å²) in [5, 5.41) is 9.96. The van der Waals surface area contributed by atoms with E-state index < -0.39 is 16.1 Å². The van der Waals surface area contributed by atoms with E-state index in [1.54, 1.807) is 18.2 Å². The molecule has 0 bridgehead atoms. The summed E-state index contributed by atoms with van der Waals surface area (Å²) < 4.78 is 35.5. The highest BCUT2D eigenvalue weighted by molar-refractivity contribution is 7.85. The molecule has 0 saturated heterocycles. The van der Waals surface area contributed by atoms with Crippen LogP contribution in [0.3, 0.4) is 0 Å². The number of rotatable bonds is 6. The minimum atomic E-state index is -4.17. The Labute approximate surface area is 149 Å². The van der Waals surface area contributed by atoms with Crippen LogP contribution in [0.1, 0.15) is 47.6 Å². The maximum absolute atomic E-state index is 10.8. The molecule has 2 aromatic rings. The number of phenols is 1. The average molecular weight is 364 g/mol. The molecule has 0 fully saturated rings. The molecule has 2 N–H and O–H groups in total. The molecule has 0 aromatic heterocycles. The van der Waals surface area contributed by atoms with E-state index in [0.717, 1.165) is 27.8 Å². The molecule has 0 heterocycles. The van der Waals surface area contributed by atoms with E-state index in [0.29, 0.717) is 17.9 Å². The highest BCUT2D eigenvalue weighted by Gasteiger charge is 2.12. The first-order valence-electron chi connectivity index (χ1n) is 8.06. The minimum absolute atomic E-state index is 0.235. The zero-order valence-corrected chi connectivity index (χ0v) is 15.7. The monoisotopic (exact) mass is 364 g/mol. The van der Waals surface area contributed by atoms with E-state index in [4.69, 9.17) is 9.29 Å². The van der Waals surface area contributed by atoms with Crippen LogP contribution in [-0.2, 0) is 16.5 Å². The van der Waals surface area contributed by atoms with Crippen molar-refractivity contribution in [1.82, 2.24) is 0 Å². The predicted octanol–water partition coefficient (Wildman–Crippen LogP) is 3.95. The molecule has 25 heavy (non-hydrogen) atoms. The smallest absolute Gasteiger partial charge is 0.300 e. The lowest BCUT2D eigenvalue weighted by Gasteiger charge is -2.15. The third-order valence-corrected chi connectivity index (χ3v) is 4.55. The zero-order valence-electron chi connectivity index (χ0n) is 14.9. The van der Waals surface area contributed by atoms with Gasteiger partial charge in [-0.15, -0.1) is 0 Å². The molecule has 2 rings (SSSR count). The highest BCUT2D eigenvalue weighted by Crippen LogP contribution is 2.29. The van der Waals surface area contributed by atoms with Gasteiger partial charge >= 0.3 is 10.1 Å². The Morgan fingerprint density at radius 1 is 1.08 bits per heavy atom. The molecule has 0 aliphatic carbocycles. The number of hydrogen-bond donors (Lipinski definition) is 2. The predicted molar refractivity (Wildman–Crippen MR) is 98.0 cm³/mol. The molecule has 2 aromatic carbocycles. The fourth-order valence-electron chi connectivity index (χ4n) is 2.84. The van der Waals surface area contributed by atoms with Crippen molar-refractivity contribution in [1.29, 1.82) is 0 Å². The molecule has 0 amide bonds. The summed E-state index contributed by atoms with van der Waals surface area (Å²) in [5.41, 5.74) is 5.09. The van der Waals surface area contributed by atoms with Gasteiger partial charge in [0.15, 0.2) is 0 Å². The van der Waals surface area contributed by atoms with Crippen molar-refractivity contribution in [2.75, 3.05) is 5.94 Å². The molecule has 0 aliphatic heterocycles. The van der Waals surface area contributed by atoms with Gasteiger partial charge in [-0.2, -0.15) is 8.42 Å². The van der Waals surface area contributed by atoms with Crippen molar-refractivity contribution in [3.05, 3.63) is 58.1 Å². The fourth-order valence-corrected chi connectivity index (χ4v) is 3.12. The summed E-state index contributed by atoms with van der Waals surface area (Å²) in [6, 6.07) is 9.16. The van der Waals surface area contributed by atoms with Gasteiger partial charge in [0.25, 0.3) is 0 Å². The molecule has 0 unspecified atom stereocenters. The SMILES string of the molecule is Cc1cc(OCS(=O)(=O)O)cc(C)c1Cc1ccc(O)c(C(C)C)c1. The average Bonchev–Trinajstić information content (AvgIpc) is 2.49. The molecule has 0 radical (unpaired) electrons. The lowest BCUT2D eigenvalue weighted by molar-refractivity contribution is 0.352. The summed E-state index contributed by atoms with van der Waals surface area (Å²) in [6.07, 6.45) is 0.705. The van der Waals surface area contributed by atoms with Crippen LogP contribution in [0.4, 0.5) is 0 Å². The van der Waals surface area contributed by atoms with Gasteiger partial charge in [0.05, 0.1) is 0 Å². The standard InChI is InChI=1S/C19H24O5S/c1-12(2)17-9-15(5-6-19(17)20)10-18-13(3)7-16(8-14(18)4)24-11-25(21,22)23/h5-9,12,20H,10-11H2,1-4H3,(H,21,22,23). The van der Waals surface area contributed by atoms with Gasteiger partial charge in [-0.1, -0.05) is 26.0 Å². The molecular formula is C19H24O5S. The number of phenolic OH excluding ortho intramolecular Hbond substituents is 1. The van der Waals surface area contributed by atoms with E-state index in [-0.39, 0.29) is 5.92 Å². The zero-order chi connectivity index (χ0) is 18.8. The lowest BCUT2D eigenvalue weighted by Crippen LogP contribution is -2.10. The number of benzene rings is 2. The molecule has 0 aliphatic rings. The highest BCUT2D eigenvalue weighted by atomic mass is 32.2. The van der Waals surface area contributed by atoms with Crippen LogP contribution in [0.5, 0.6) is 11.5 Å². The van der Waals surface area contributed by atoms with Crippen LogP contribution in [-0.4, -0.2) is 24.0 Å². The van der Waals surface area contributed by atoms with Crippen LogP contribution in [0.25, 0.3) is 0 Å². The Balaban J connectivity index is 2.27. The van der Waals surface area contributed by atoms with Crippen molar-refractivity contribution in [3.8, 4) is 11.5 Å². The second kappa shape index (κ2) is 7.45. The van der Waals surface area contributed by atoms with E-state index >= 15 is 0 Å². The lowest BCUT2D eigenvalue weighted by atomic mass is 9.93. The summed E-state index contributed by atoms with van der Waals surface area (Å²) in [5.74, 6) is 0.186. The van der Waals surface area contributed by atoms with E-state index in [1.807, 2.05) is 39.8 Å². The van der Waals surface area contributed by atoms with Crippen molar-refractivity contribution in [2.45, 2.75) is 40.0 Å². The van der Waals surface area contributed by atoms with Gasteiger partial charge < -0.3 is 9.84 Å². The molecular weight excluding hydrogens is 340 g/mol. The van der Waals surface area contributed by atoms with Crippen LogP contribution in [0.2, 0.25) is 0 Å². The van der Waals surface area contributed by atoms with Gasteiger partial charge in [-0.25, -0.2) is 0 Å². The molecule has 0 saturated carbocycles. The van der Waals surface area contributed by atoms with Crippen molar-refractivity contribution in [2.24, 2.45) is 0 Å². The normalized spacial score (nSPS) is 11.8. The first-order chi connectivity index (χ1) is 11.6. The number of hydrogen-bond acceptors (Lipinski definition) is 4. The minimum Gasteiger partial charge on any atom is -0.508 e. The number of aromatic hydroxyl groups is 1. The Bertz CT molecular complexity index is 846. The van der Waals surface area contributed by atoms with Crippen molar-refractivity contribution >= 4 is 10.1 Å². The van der Waals surface area contributed by atoms with Crippen molar-refractivity contribution < 1.29 is 22.8 Å². The number of aryl methyl sites for hydroxylation is 2. The molecule has 6 heteroatoms. The molecule has 5 nitrogen and oxygen atoms in total. The van der Waals surface area contributed by atoms with Crippen LogP contribution < -0.4 is 4.74 Å². The van der Waals surface area contributed by atoms with Crippen LogP contribution >= 0.6 is 0 Å². The summed E-state index contributed by atoms with van der Waals surface area (Å²) >= 11 is 0. The topological polar surface area (TPSA) is 83.8 Å². The second-order valence-corrected chi connectivity index (χ2v) is 8.00. The van der Waals surface area contributed by atoms with Gasteiger partial charge in [-0.3, -0.25) is 4.55 Å². The third kappa shape index (κ3) is 5.21. The summed E-state index contributed by atoms with van der Waals surface area (Å²) in [7, 11) is -4.17. The summed E-state index contributed by atoms with van der Waals surface area (Å²) in [4.78, 5) is 0. The summed E-state index contributed by atoms with van der Waals surface area (Å²) in [6.45, 7) is 7.95. The van der Waals surface area contributed by atoms with Gasteiger partial charge in [0, 0.05) is 0 Å². The van der Waals surface area contributed by atoms with E-state index in [9.17, 15) is 13.5 Å². The largest absolute Gasteiger partial charge is 0.508 e. The maximum atomic E-state index is 10.8. The quantitative estimate of drug-likeness (QED) is 0.758. The van der Waals surface area contributed by atoms with Gasteiger partial charge in [0.1, 0.15) is 11.5 Å². The Kier molecular flexibility index (Phi) is 5.75. The Hall–Kier alpha value is -2.05. The van der Waals surface area contributed by atoms with E-state index in [1.165, 1.54) is 0 Å². The fraction of sp³-hybridized carbons (Fsp3) is 0.368. The second-order valence-electron chi connectivity index (χ2n) is 6.60. The maximum Gasteiger partial charge on any atom is 0.300 e. The van der Waals surface area contributed by atoms with Crippen molar-refractivity contribution in [3.63, 3.8) is 0 Å². The number of ether oxygens (including phenoxy) is 1. The Morgan fingerprint density at radius 3 is 2.20 bits per heavy atom. The third-order valence-electron chi connectivity index (χ3n) is 4.14. The van der Waals surface area contributed by atoms with Gasteiger partial charge in [-0.05, 0) is 72.2 Å². The van der Waals surface area contributed by atoms with Gasteiger partial charge in [0.2, 0.25) is 5.94 Å². The molecule has 0 atom stereocenters. The Morgan fingerprint density at radius 2 is 1.68 bits per heavy atom.